The highest BCUT2D eigenvalue weighted by Crippen LogP contribution is 2.49. The molecule has 0 unspecified atom stereocenters. The average Bonchev–Trinajstić information content (AvgIpc) is 2.23. The molecule has 0 aromatic carbocycles. The molecule has 2 N–H and O–H groups in total. The van der Waals surface area contributed by atoms with Crippen molar-refractivity contribution in [1.29, 1.82) is 0 Å². The van der Waals surface area contributed by atoms with Gasteiger partial charge in [-0.15, -0.1) is 0 Å². The van der Waals surface area contributed by atoms with Gasteiger partial charge in [-0.1, -0.05) is 6.42 Å². The monoisotopic (exact) mass is 284 g/mol. The smallest absolute Gasteiger partial charge is 0.216 e. The van der Waals surface area contributed by atoms with Crippen LogP contribution in [0.3, 0.4) is 0 Å². The van der Waals surface area contributed by atoms with Crippen LogP contribution in [0.5, 0.6) is 5.88 Å². The van der Waals surface area contributed by atoms with Gasteiger partial charge in [0.2, 0.25) is 5.88 Å². The highest BCUT2D eigenvalue weighted by atomic mass is 79.9. The van der Waals surface area contributed by atoms with E-state index in [9.17, 15) is 0 Å². The molecular weight excluding hydrogens is 268 g/mol. The summed E-state index contributed by atoms with van der Waals surface area (Å²) in [5, 5.41) is 0. The van der Waals surface area contributed by atoms with Crippen LogP contribution in [0.15, 0.2) is 16.7 Å². The summed E-state index contributed by atoms with van der Waals surface area (Å²) in [6, 6.07) is 2.13. The number of hydrogen-bond donors (Lipinski definition) is 1. The van der Waals surface area contributed by atoms with E-state index in [-0.39, 0.29) is 5.41 Å². The SMILES string of the molecule is COc1ncc(Br)cc1C1(CCN)CCC1. The van der Waals surface area contributed by atoms with Crippen LogP contribution in [-0.2, 0) is 5.41 Å². The van der Waals surface area contributed by atoms with Crippen molar-refractivity contribution in [2.45, 2.75) is 31.1 Å². The van der Waals surface area contributed by atoms with Crippen LogP contribution in [0.25, 0.3) is 0 Å². The Bertz CT molecular complexity index is 377. The zero-order valence-electron chi connectivity index (χ0n) is 9.50. The van der Waals surface area contributed by atoms with E-state index in [1.807, 2.05) is 0 Å². The zero-order valence-corrected chi connectivity index (χ0v) is 11.1. The Morgan fingerprint density at radius 3 is 2.81 bits per heavy atom. The lowest BCUT2D eigenvalue weighted by molar-refractivity contribution is 0.219. The number of halogens is 1. The van der Waals surface area contributed by atoms with Gasteiger partial charge >= 0.3 is 0 Å². The lowest BCUT2D eigenvalue weighted by Gasteiger charge is -2.42. The fraction of sp³-hybridized carbons (Fsp3) is 0.583. The van der Waals surface area contributed by atoms with Gasteiger partial charge in [0.15, 0.2) is 0 Å². The third-order valence-electron chi connectivity index (χ3n) is 3.52. The molecule has 16 heavy (non-hydrogen) atoms. The molecule has 1 aromatic rings. The van der Waals surface area contributed by atoms with E-state index in [0.29, 0.717) is 0 Å². The molecule has 4 heteroatoms. The van der Waals surface area contributed by atoms with E-state index in [0.717, 1.165) is 23.3 Å². The van der Waals surface area contributed by atoms with Gasteiger partial charge in [0.05, 0.1) is 7.11 Å². The molecule has 1 aliphatic rings. The van der Waals surface area contributed by atoms with Gasteiger partial charge in [0.25, 0.3) is 0 Å². The van der Waals surface area contributed by atoms with Gasteiger partial charge in [-0.25, -0.2) is 4.98 Å². The van der Waals surface area contributed by atoms with Crippen LogP contribution in [0.1, 0.15) is 31.2 Å². The third-order valence-corrected chi connectivity index (χ3v) is 3.95. The van der Waals surface area contributed by atoms with Gasteiger partial charge < -0.3 is 10.5 Å². The molecular formula is C12H17BrN2O. The lowest BCUT2D eigenvalue weighted by atomic mass is 9.63. The lowest BCUT2D eigenvalue weighted by Crippen LogP contribution is -2.36. The van der Waals surface area contributed by atoms with E-state index < -0.39 is 0 Å². The first-order valence-electron chi connectivity index (χ1n) is 5.62. The van der Waals surface area contributed by atoms with Gasteiger partial charge in [-0.3, -0.25) is 0 Å². The largest absolute Gasteiger partial charge is 0.481 e. The molecule has 1 aliphatic carbocycles. The normalized spacial score (nSPS) is 17.9. The molecule has 0 radical (unpaired) electrons. The molecule has 88 valence electrons. The molecule has 0 bridgehead atoms. The number of nitrogens with two attached hydrogens (primary N) is 1. The second-order valence-corrected chi connectivity index (χ2v) is 5.30. The third kappa shape index (κ3) is 1.96. The van der Waals surface area contributed by atoms with Crippen molar-refractivity contribution in [2.75, 3.05) is 13.7 Å². The predicted octanol–water partition coefficient (Wildman–Crippen LogP) is 2.62. The molecule has 0 amide bonds. The summed E-state index contributed by atoms with van der Waals surface area (Å²) in [6.45, 7) is 0.718. The summed E-state index contributed by atoms with van der Waals surface area (Å²) in [5.41, 5.74) is 7.13. The molecule has 3 nitrogen and oxygen atoms in total. The highest BCUT2D eigenvalue weighted by Gasteiger charge is 2.40. The van der Waals surface area contributed by atoms with Crippen LogP contribution in [0.4, 0.5) is 0 Å². The minimum atomic E-state index is 0.205. The maximum atomic E-state index is 5.72. The van der Waals surface area contributed by atoms with E-state index in [2.05, 4.69) is 27.0 Å². The maximum Gasteiger partial charge on any atom is 0.216 e. The van der Waals surface area contributed by atoms with E-state index in [4.69, 9.17) is 10.5 Å². The van der Waals surface area contributed by atoms with Crippen molar-refractivity contribution in [2.24, 2.45) is 5.73 Å². The Balaban J connectivity index is 2.40. The highest BCUT2D eigenvalue weighted by molar-refractivity contribution is 9.10. The number of hydrogen-bond acceptors (Lipinski definition) is 3. The van der Waals surface area contributed by atoms with Crippen molar-refractivity contribution in [1.82, 2.24) is 4.98 Å². The van der Waals surface area contributed by atoms with Crippen LogP contribution in [0, 0.1) is 0 Å². The van der Waals surface area contributed by atoms with Gasteiger partial charge in [0, 0.05) is 21.6 Å². The van der Waals surface area contributed by atoms with Crippen molar-refractivity contribution in [3.63, 3.8) is 0 Å². The number of ether oxygens (including phenoxy) is 1. The van der Waals surface area contributed by atoms with Gasteiger partial charge in [-0.05, 0) is 47.8 Å². The molecule has 0 saturated heterocycles. The molecule has 1 saturated carbocycles. The minimum absolute atomic E-state index is 0.205. The van der Waals surface area contributed by atoms with Crippen LogP contribution in [-0.4, -0.2) is 18.6 Å². The number of nitrogens with zero attached hydrogens (tertiary/aromatic N) is 1. The van der Waals surface area contributed by atoms with Crippen molar-refractivity contribution < 1.29 is 4.74 Å². The number of rotatable bonds is 4. The summed E-state index contributed by atoms with van der Waals surface area (Å²) in [6.07, 6.45) is 6.45. The fourth-order valence-electron chi connectivity index (χ4n) is 2.50. The summed E-state index contributed by atoms with van der Waals surface area (Å²) in [5.74, 6) is 0.747. The van der Waals surface area contributed by atoms with Gasteiger partial charge in [-0.2, -0.15) is 0 Å². The first-order chi connectivity index (χ1) is 7.72. The predicted molar refractivity (Wildman–Crippen MR) is 67.7 cm³/mol. The van der Waals surface area contributed by atoms with Crippen LogP contribution in [0.2, 0.25) is 0 Å². The molecule has 1 fully saturated rings. The maximum absolute atomic E-state index is 5.72. The summed E-state index contributed by atoms with van der Waals surface area (Å²) in [7, 11) is 1.68. The second-order valence-electron chi connectivity index (χ2n) is 4.38. The second kappa shape index (κ2) is 4.72. The molecule has 0 aliphatic heterocycles. The Morgan fingerprint density at radius 2 is 2.31 bits per heavy atom. The topological polar surface area (TPSA) is 48.1 Å². The quantitative estimate of drug-likeness (QED) is 0.925. The number of aromatic nitrogens is 1. The Morgan fingerprint density at radius 1 is 1.56 bits per heavy atom. The van der Waals surface area contributed by atoms with Crippen LogP contribution >= 0.6 is 15.9 Å². The standard InChI is InChI=1S/C12H17BrN2O/c1-16-11-10(7-9(13)8-15-11)12(5-6-14)3-2-4-12/h7-8H,2-6,14H2,1H3. The van der Waals surface area contributed by atoms with E-state index in [1.165, 1.54) is 24.8 Å². The van der Waals surface area contributed by atoms with E-state index in [1.54, 1.807) is 13.3 Å². The first-order valence-corrected chi connectivity index (χ1v) is 6.41. The zero-order chi connectivity index (χ0) is 11.6. The molecule has 0 spiro atoms. The van der Waals surface area contributed by atoms with Crippen molar-refractivity contribution in [3.05, 3.63) is 22.3 Å². The number of pyridine rings is 1. The molecule has 0 atom stereocenters. The van der Waals surface area contributed by atoms with Crippen molar-refractivity contribution >= 4 is 15.9 Å². The Hall–Kier alpha value is -0.610. The molecule has 2 rings (SSSR count). The summed E-state index contributed by atoms with van der Waals surface area (Å²) in [4.78, 5) is 4.32. The van der Waals surface area contributed by atoms with Crippen molar-refractivity contribution in [3.8, 4) is 5.88 Å². The summed E-state index contributed by atoms with van der Waals surface area (Å²) >= 11 is 3.47. The molecule has 1 aromatic heterocycles. The number of methoxy groups -OCH3 is 1. The van der Waals surface area contributed by atoms with E-state index >= 15 is 0 Å². The Labute approximate surface area is 105 Å². The molecule has 1 heterocycles. The van der Waals surface area contributed by atoms with Gasteiger partial charge in [0.1, 0.15) is 0 Å². The summed E-state index contributed by atoms with van der Waals surface area (Å²) < 4.78 is 6.36. The first kappa shape index (κ1) is 11.9. The Kier molecular flexibility index (Phi) is 3.50. The van der Waals surface area contributed by atoms with Crippen LogP contribution < -0.4 is 10.5 Å². The fourth-order valence-corrected chi connectivity index (χ4v) is 2.83. The average molecular weight is 285 g/mol. The minimum Gasteiger partial charge on any atom is -0.481 e.